The maximum atomic E-state index is 12.2. The Morgan fingerprint density at radius 3 is 2.96 bits per heavy atom. The molecule has 1 amide bonds. The largest absolute Gasteiger partial charge is 0.492 e. The minimum atomic E-state index is -0.265. The number of carbonyl (C=O) groups excluding carboxylic acids is 1. The molecule has 1 heterocycles. The average Bonchev–Trinajstić information content (AvgIpc) is 3.13. The smallest absolute Gasteiger partial charge is 0.237 e. The first-order valence-corrected chi connectivity index (χ1v) is 8.71. The first kappa shape index (κ1) is 17.2. The third kappa shape index (κ3) is 4.28. The Morgan fingerprint density at radius 2 is 2.16 bits per heavy atom. The summed E-state index contributed by atoms with van der Waals surface area (Å²) in [5, 5.41) is 14.6. The minimum absolute atomic E-state index is 0.0124. The van der Waals surface area contributed by atoms with Gasteiger partial charge in [-0.05, 0) is 42.7 Å². The second-order valence-electron chi connectivity index (χ2n) is 6.48. The van der Waals surface area contributed by atoms with Crippen LogP contribution in [0.5, 0.6) is 5.75 Å². The van der Waals surface area contributed by atoms with Gasteiger partial charge in [0.2, 0.25) is 5.91 Å². The Bertz CT molecular complexity index is 784. The molecule has 0 aliphatic carbocycles. The lowest BCUT2D eigenvalue weighted by atomic mass is 10.1. The molecule has 130 valence electrons. The quantitative estimate of drug-likeness (QED) is 0.880. The predicted molar refractivity (Wildman–Crippen MR) is 97.3 cm³/mol. The lowest BCUT2D eigenvalue weighted by Gasteiger charge is -2.21. The van der Waals surface area contributed by atoms with Gasteiger partial charge in [-0.3, -0.25) is 4.79 Å². The highest BCUT2D eigenvalue weighted by atomic mass is 16.5. The molecule has 1 fully saturated rings. The van der Waals surface area contributed by atoms with Crippen molar-refractivity contribution in [1.29, 1.82) is 5.26 Å². The van der Waals surface area contributed by atoms with Gasteiger partial charge in [-0.15, -0.1) is 0 Å². The van der Waals surface area contributed by atoms with Crippen molar-refractivity contribution in [3.63, 3.8) is 0 Å². The van der Waals surface area contributed by atoms with E-state index in [1.165, 1.54) is 5.39 Å². The highest BCUT2D eigenvalue weighted by Crippen LogP contribution is 2.20. The summed E-state index contributed by atoms with van der Waals surface area (Å²) in [5.41, 5.74) is 0. The molecule has 5 nitrogen and oxygen atoms in total. The number of carbonyl (C=O) groups is 1. The fraction of sp³-hybridized carbons (Fsp3) is 0.400. The van der Waals surface area contributed by atoms with Crippen LogP contribution in [0, 0.1) is 11.3 Å². The zero-order valence-electron chi connectivity index (χ0n) is 14.4. The molecule has 5 heteroatoms. The van der Waals surface area contributed by atoms with E-state index in [-0.39, 0.29) is 24.5 Å². The van der Waals surface area contributed by atoms with Crippen molar-refractivity contribution in [2.75, 3.05) is 19.7 Å². The number of nitrogens with one attached hydrogen (secondary N) is 1. The first-order chi connectivity index (χ1) is 12.2. The lowest BCUT2D eigenvalue weighted by molar-refractivity contribution is -0.130. The number of ether oxygens (including phenoxy) is 1. The zero-order valence-corrected chi connectivity index (χ0v) is 14.4. The van der Waals surface area contributed by atoms with Crippen LogP contribution in [0.3, 0.4) is 0 Å². The summed E-state index contributed by atoms with van der Waals surface area (Å²) in [4.78, 5) is 13.9. The van der Waals surface area contributed by atoms with E-state index in [1.807, 2.05) is 37.3 Å². The second kappa shape index (κ2) is 8.00. The van der Waals surface area contributed by atoms with Gasteiger partial charge in [0.05, 0.1) is 12.6 Å². The van der Waals surface area contributed by atoms with Crippen molar-refractivity contribution in [3.05, 3.63) is 42.5 Å². The van der Waals surface area contributed by atoms with Crippen molar-refractivity contribution in [3.8, 4) is 11.8 Å². The summed E-state index contributed by atoms with van der Waals surface area (Å²) in [6, 6.07) is 16.2. The van der Waals surface area contributed by atoms with Crippen LogP contribution in [-0.4, -0.2) is 42.6 Å². The fourth-order valence-corrected chi connectivity index (χ4v) is 3.10. The van der Waals surface area contributed by atoms with Crippen LogP contribution < -0.4 is 10.1 Å². The van der Waals surface area contributed by atoms with Crippen LogP contribution in [0.25, 0.3) is 10.8 Å². The molecular formula is C20H23N3O2. The third-order valence-electron chi connectivity index (χ3n) is 4.54. The minimum Gasteiger partial charge on any atom is -0.492 e. The maximum Gasteiger partial charge on any atom is 0.237 e. The molecule has 0 radical (unpaired) electrons. The standard InChI is InChI=1S/C20H23N3O2/c1-15(22-13-20(24)23-10-4-7-18(23)12-21)14-25-19-9-8-16-5-2-3-6-17(16)11-19/h2-3,5-6,8-9,11,15,18,22H,4,7,10,13-14H2,1H3/t15-,18-/m0/s1. The summed E-state index contributed by atoms with van der Waals surface area (Å²) < 4.78 is 5.84. The molecule has 1 N–H and O–H groups in total. The Hall–Kier alpha value is -2.58. The van der Waals surface area contributed by atoms with E-state index in [4.69, 9.17) is 10.00 Å². The van der Waals surface area contributed by atoms with Gasteiger partial charge in [0.15, 0.2) is 0 Å². The molecule has 2 aromatic rings. The number of nitriles is 1. The monoisotopic (exact) mass is 337 g/mol. The number of benzene rings is 2. The number of amides is 1. The maximum absolute atomic E-state index is 12.2. The average molecular weight is 337 g/mol. The summed E-state index contributed by atoms with van der Waals surface area (Å²) >= 11 is 0. The second-order valence-corrected chi connectivity index (χ2v) is 6.48. The molecule has 2 aromatic carbocycles. The predicted octanol–water partition coefficient (Wildman–Crippen LogP) is 2.71. The van der Waals surface area contributed by atoms with Crippen LogP contribution >= 0.6 is 0 Å². The van der Waals surface area contributed by atoms with Crippen molar-refractivity contribution < 1.29 is 9.53 Å². The highest BCUT2D eigenvalue weighted by molar-refractivity contribution is 5.83. The molecule has 1 aliphatic heterocycles. The van der Waals surface area contributed by atoms with Crippen molar-refractivity contribution >= 4 is 16.7 Å². The van der Waals surface area contributed by atoms with Crippen molar-refractivity contribution in [1.82, 2.24) is 10.2 Å². The Labute approximate surface area is 148 Å². The number of fused-ring (bicyclic) bond motifs is 1. The van der Waals surface area contributed by atoms with E-state index in [9.17, 15) is 4.79 Å². The van der Waals surface area contributed by atoms with Gasteiger partial charge in [-0.1, -0.05) is 30.3 Å². The van der Waals surface area contributed by atoms with Gasteiger partial charge in [-0.2, -0.15) is 5.26 Å². The topological polar surface area (TPSA) is 65.4 Å². The van der Waals surface area contributed by atoms with Crippen LogP contribution in [0.1, 0.15) is 19.8 Å². The first-order valence-electron chi connectivity index (χ1n) is 8.71. The molecule has 3 rings (SSSR count). The molecule has 0 bridgehead atoms. The van der Waals surface area contributed by atoms with Gasteiger partial charge >= 0.3 is 0 Å². The van der Waals surface area contributed by atoms with Gasteiger partial charge in [0.25, 0.3) is 0 Å². The summed E-state index contributed by atoms with van der Waals surface area (Å²) in [5.74, 6) is 0.810. The van der Waals surface area contributed by atoms with Gasteiger partial charge in [0, 0.05) is 12.6 Å². The molecule has 25 heavy (non-hydrogen) atoms. The number of nitrogens with zero attached hydrogens (tertiary/aromatic N) is 2. The van der Waals surface area contributed by atoms with Crippen LogP contribution in [-0.2, 0) is 4.79 Å². The number of hydrogen-bond acceptors (Lipinski definition) is 4. The number of likely N-dealkylation sites (tertiary alicyclic amines) is 1. The van der Waals surface area contributed by atoms with E-state index in [2.05, 4.69) is 23.5 Å². The van der Waals surface area contributed by atoms with E-state index in [0.717, 1.165) is 24.0 Å². The summed E-state index contributed by atoms with van der Waals surface area (Å²) in [6.45, 7) is 3.38. The molecule has 0 saturated carbocycles. The van der Waals surface area contributed by atoms with Crippen LogP contribution in [0.4, 0.5) is 0 Å². The molecular weight excluding hydrogens is 314 g/mol. The third-order valence-corrected chi connectivity index (χ3v) is 4.54. The summed E-state index contributed by atoms with van der Waals surface area (Å²) in [6.07, 6.45) is 1.69. The SMILES string of the molecule is C[C@@H](COc1ccc2ccccc2c1)NCC(=O)N1CCC[C@H]1C#N. The fourth-order valence-electron chi connectivity index (χ4n) is 3.10. The normalized spacial score (nSPS) is 18.1. The molecule has 2 atom stereocenters. The molecule has 0 unspecified atom stereocenters. The Kier molecular flexibility index (Phi) is 5.52. The lowest BCUT2D eigenvalue weighted by Crippen LogP contribution is -2.44. The van der Waals surface area contributed by atoms with Crippen LogP contribution in [0.15, 0.2) is 42.5 Å². The molecule has 0 aromatic heterocycles. The van der Waals surface area contributed by atoms with E-state index in [1.54, 1.807) is 4.90 Å². The van der Waals surface area contributed by atoms with Crippen molar-refractivity contribution in [2.24, 2.45) is 0 Å². The zero-order chi connectivity index (χ0) is 17.6. The van der Waals surface area contributed by atoms with Gasteiger partial charge in [0.1, 0.15) is 18.4 Å². The van der Waals surface area contributed by atoms with E-state index in [0.29, 0.717) is 13.2 Å². The number of rotatable bonds is 6. The van der Waals surface area contributed by atoms with E-state index < -0.39 is 0 Å². The van der Waals surface area contributed by atoms with Crippen LogP contribution in [0.2, 0.25) is 0 Å². The van der Waals surface area contributed by atoms with Gasteiger partial charge in [-0.25, -0.2) is 0 Å². The van der Waals surface area contributed by atoms with Gasteiger partial charge < -0.3 is 15.0 Å². The molecule has 1 saturated heterocycles. The Balaban J connectivity index is 1.46. The Morgan fingerprint density at radius 1 is 1.36 bits per heavy atom. The van der Waals surface area contributed by atoms with E-state index >= 15 is 0 Å². The molecule has 0 spiro atoms. The highest BCUT2D eigenvalue weighted by Gasteiger charge is 2.28. The number of hydrogen-bond donors (Lipinski definition) is 1. The van der Waals surface area contributed by atoms with Crippen molar-refractivity contribution in [2.45, 2.75) is 31.8 Å². The summed E-state index contributed by atoms with van der Waals surface area (Å²) in [7, 11) is 0. The molecule has 1 aliphatic rings.